The number of allylic oxidation sites excluding steroid dienone is 2. The van der Waals surface area contributed by atoms with Crippen molar-refractivity contribution in [2.75, 3.05) is 5.32 Å². The average Bonchev–Trinajstić information content (AvgIpc) is 2.17. The van der Waals surface area contributed by atoms with Crippen LogP contribution < -0.4 is 11.1 Å². The highest BCUT2D eigenvalue weighted by atomic mass is 19.1. The largest absolute Gasteiger partial charge is 0.399 e. The zero-order chi connectivity index (χ0) is 11.0. The van der Waals surface area contributed by atoms with E-state index in [1.807, 2.05) is 0 Å². The number of hydrogen-bond donors (Lipinski definition) is 2. The summed E-state index contributed by atoms with van der Waals surface area (Å²) < 4.78 is 13.1. The van der Waals surface area contributed by atoms with E-state index in [0.717, 1.165) is 16.9 Å². The monoisotopic (exact) mass is 202 g/mol. The molecule has 1 aliphatic rings. The highest BCUT2D eigenvalue weighted by Gasteiger charge is 2.15. The fourth-order valence-corrected chi connectivity index (χ4v) is 1.58. The quantitative estimate of drug-likeness (QED) is 0.734. The second-order valence-electron chi connectivity index (χ2n) is 3.42. The molecule has 3 heteroatoms. The predicted octanol–water partition coefficient (Wildman–Crippen LogP) is 2.62. The molecule has 1 aromatic rings. The van der Waals surface area contributed by atoms with Crippen molar-refractivity contribution < 1.29 is 4.39 Å². The smallest absolute Gasteiger partial charge is 0.123 e. The summed E-state index contributed by atoms with van der Waals surface area (Å²) >= 11 is 0. The second-order valence-corrected chi connectivity index (χ2v) is 3.42. The molecule has 0 aliphatic carbocycles. The number of halogens is 1. The molecule has 0 radical (unpaired) electrons. The first-order chi connectivity index (χ1) is 7.08. The summed E-state index contributed by atoms with van der Waals surface area (Å²) in [5.74, 6) is -0.296. The number of rotatable bonds is 1. The fraction of sp³-hybridized carbons (Fsp3) is 0. The van der Waals surface area contributed by atoms with Gasteiger partial charge in [0, 0.05) is 28.2 Å². The van der Waals surface area contributed by atoms with Gasteiger partial charge in [-0.1, -0.05) is 13.2 Å². The topological polar surface area (TPSA) is 38.0 Å². The summed E-state index contributed by atoms with van der Waals surface area (Å²) in [6.45, 7) is 7.45. The molecule has 1 aromatic carbocycles. The summed E-state index contributed by atoms with van der Waals surface area (Å²) in [7, 11) is 0. The van der Waals surface area contributed by atoms with E-state index in [-0.39, 0.29) is 5.82 Å². The van der Waals surface area contributed by atoms with Crippen LogP contribution in [-0.4, -0.2) is 0 Å². The highest BCUT2D eigenvalue weighted by Crippen LogP contribution is 2.33. The summed E-state index contributed by atoms with van der Waals surface area (Å²) in [6, 6.07) is 4.48. The van der Waals surface area contributed by atoms with Gasteiger partial charge in [-0.25, -0.2) is 4.39 Å². The molecule has 0 bridgehead atoms. The lowest BCUT2D eigenvalue weighted by Gasteiger charge is -2.20. The third-order valence-electron chi connectivity index (χ3n) is 2.23. The van der Waals surface area contributed by atoms with Crippen LogP contribution in [0.4, 0.5) is 10.1 Å². The number of anilines is 1. The third-order valence-corrected chi connectivity index (χ3v) is 2.23. The Kier molecular flexibility index (Phi) is 2.08. The van der Waals surface area contributed by atoms with E-state index < -0.39 is 0 Å². The van der Waals surface area contributed by atoms with Crippen molar-refractivity contribution in [3.05, 3.63) is 60.2 Å². The SMILES string of the molecule is C=C1C=C(C(=C)N)c2cc(F)ccc2N1. The maximum Gasteiger partial charge on any atom is 0.123 e. The maximum absolute atomic E-state index is 13.1. The first-order valence-electron chi connectivity index (χ1n) is 4.50. The van der Waals surface area contributed by atoms with Crippen LogP contribution in [0.1, 0.15) is 5.56 Å². The van der Waals surface area contributed by atoms with E-state index in [1.165, 1.54) is 12.1 Å². The van der Waals surface area contributed by atoms with Gasteiger partial charge in [-0.3, -0.25) is 0 Å². The maximum atomic E-state index is 13.1. The fourth-order valence-electron chi connectivity index (χ4n) is 1.58. The standard InChI is InChI=1S/C12H11FN2/c1-7-5-10(8(2)14)11-6-9(13)3-4-12(11)15-7/h3-6,15H,1-2,14H2. The number of hydrogen-bond acceptors (Lipinski definition) is 2. The summed E-state index contributed by atoms with van der Waals surface area (Å²) in [5.41, 5.74) is 9.00. The minimum atomic E-state index is -0.296. The molecule has 1 aliphatic heterocycles. The van der Waals surface area contributed by atoms with Crippen LogP contribution >= 0.6 is 0 Å². The van der Waals surface area contributed by atoms with Gasteiger partial charge < -0.3 is 11.1 Å². The minimum absolute atomic E-state index is 0.296. The Morgan fingerprint density at radius 2 is 2.13 bits per heavy atom. The Labute approximate surface area is 87.6 Å². The second kappa shape index (κ2) is 3.28. The summed E-state index contributed by atoms with van der Waals surface area (Å²) in [6.07, 6.45) is 1.75. The van der Waals surface area contributed by atoms with Crippen molar-refractivity contribution in [2.24, 2.45) is 5.73 Å². The molecule has 15 heavy (non-hydrogen) atoms. The Morgan fingerprint density at radius 1 is 1.40 bits per heavy atom. The van der Waals surface area contributed by atoms with E-state index in [2.05, 4.69) is 18.5 Å². The zero-order valence-electron chi connectivity index (χ0n) is 8.18. The van der Waals surface area contributed by atoms with Gasteiger partial charge >= 0.3 is 0 Å². The van der Waals surface area contributed by atoms with Gasteiger partial charge in [0.05, 0.1) is 0 Å². The number of nitrogens with one attached hydrogen (secondary N) is 1. The molecule has 0 amide bonds. The van der Waals surface area contributed by atoms with Gasteiger partial charge in [-0.2, -0.15) is 0 Å². The van der Waals surface area contributed by atoms with E-state index in [9.17, 15) is 4.39 Å². The first-order valence-corrected chi connectivity index (χ1v) is 4.50. The molecule has 0 fully saturated rings. The molecular formula is C12H11FN2. The lowest BCUT2D eigenvalue weighted by atomic mass is 9.97. The van der Waals surface area contributed by atoms with Gasteiger partial charge in [0.25, 0.3) is 0 Å². The Balaban J connectivity index is 2.63. The van der Waals surface area contributed by atoms with Gasteiger partial charge in [0.1, 0.15) is 5.82 Å². The molecule has 0 spiro atoms. The van der Waals surface area contributed by atoms with Crippen LogP contribution in [0.15, 0.2) is 48.8 Å². The Bertz CT molecular complexity index is 486. The molecule has 0 atom stereocenters. The first kappa shape index (κ1) is 9.52. The van der Waals surface area contributed by atoms with Crippen LogP contribution in [0.3, 0.4) is 0 Å². The zero-order valence-corrected chi connectivity index (χ0v) is 8.18. The lowest BCUT2D eigenvalue weighted by Crippen LogP contribution is -2.10. The number of benzene rings is 1. The van der Waals surface area contributed by atoms with Gasteiger partial charge in [-0.15, -0.1) is 0 Å². The van der Waals surface area contributed by atoms with E-state index in [4.69, 9.17) is 5.73 Å². The van der Waals surface area contributed by atoms with E-state index in [0.29, 0.717) is 11.3 Å². The Hall–Kier alpha value is -2.03. The summed E-state index contributed by atoms with van der Waals surface area (Å²) in [4.78, 5) is 0. The lowest BCUT2D eigenvalue weighted by molar-refractivity contribution is 0.627. The van der Waals surface area contributed by atoms with Crippen molar-refractivity contribution in [1.82, 2.24) is 0 Å². The van der Waals surface area contributed by atoms with Crippen molar-refractivity contribution in [1.29, 1.82) is 0 Å². The van der Waals surface area contributed by atoms with Crippen LogP contribution in [0.2, 0.25) is 0 Å². The van der Waals surface area contributed by atoms with E-state index >= 15 is 0 Å². The minimum Gasteiger partial charge on any atom is -0.399 e. The van der Waals surface area contributed by atoms with Crippen molar-refractivity contribution >= 4 is 11.3 Å². The van der Waals surface area contributed by atoms with Crippen LogP contribution in [0.25, 0.3) is 5.57 Å². The molecule has 0 unspecified atom stereocenters. The van der Waals surface area contributed by atoms with Crippen LogP contribution in [-0.2, 0) is 0 Å². The molecule has 2 nitrogen and oxygen atoms in total. The highest BCUT2D eigenvalue weighted by molar-refractivity contribution is 5.89. The van der Waals surface area contributed by atoms with Crippen molar-refractivity contribution in [3.63, 3.8) is 0 Å². The van der Waals surface area contributed by atoms with Crippen molar-refractivity contribution in [3.8, 4) is 0 Å². The molecule has 0 saturated carbocycles. The summed E-state index contributed by atoms with van der Waals surface area (Å²) in [5, 5.41) is 3.04. The van der Waals surface area contributed by atoms with Crippen molar-refractivity contribution in [2.45, 2.75) is 0 Å². The van der Waals surface area contributed by atoms with Gasteiger partial charge in [0.2, 0.25) is 0 Å². The van der Waals surface area contributed by atoms with E-state index in [1.54, 1.807) is 12.1 Å². The third kappa shape index (κ3) is 1.64. The molecule has 2 rings (SSSR count). The number of nitrogens with two attached hydrogens (primary N) is 1. The molecule has 0 aromatic heterocycles. The molecule has 0 saturated heterocycles. The van der Waals surface area contributed by atoms with Crippen LogP contribution in [0, 0.1) is 5.82 Å². The van der Waals surface area contributed by atoms with Gasteiger partial charge in [0.15, 0.2) is 0 Å². The van der Waals surface area contributed by atoms with Gasteiger partial charge in [-0.05, 0) is 24.3 Å². The molecule has 76 valence electrons. The molecule has 1 heterocycles. The number of fused-ring (bicyclic) bond motifs is 1. The molecular weight excluding hydrogens is 191 g/mol. The predicted molar refractivity (Wildman–Crippen MR) is 60.5 cm³/mol. The normalized spacial score (nSPS) is 13.9. The molecule has 3 N–H and O–H groups in total. The van der Waals surface area contributed by atoms with Crippen LogP contribution in [0.5, 0.6) is 0 Å². The average molecular weight is 202 g/mol. The Morgan fingerprint density at radius 3 is 2.80 bits per heavy atom.